The van der Waals surface area contributed by atoms with Crippen LogP contribution in [0.3, 0.4) is 0 Å². The van der Waals surface area contributed by atoms with Crippen LogP contribution in [0.25, 0.3) is 0 Å². The lowest BCUT2D eigenvalue weighted by atomic mass is 10.1. The molecule has 1 nitrogen and oxygen atoms in total. The van der Waals surface area contributed by atoms with E-state index in [1.807, 2.05) is 12.1 Å². The SMILES string of the molecule is CCC(Nc1ccc(SC(F)F)cc1)C1CC1. The van der Waals surface area contributed by atoms with Gasteiger partial charge in [-0.15, -0.1) is 0 Å². The largest absolute Gasteiger partial charge is 0.382 e. The van der Waals surface area contributed by atoms with Crippen molar-refractivity contribution in [3.05, 3.63) is 24.3 Å². The first kappa shape index (κ1) is 12.7. The molecule has 2 rings (SSSR count). The van der Waals surface area contributed by atoms with E-state index in [4.69, 9.17) is 0 Å². The normalized spacial score (nSPS) is 17.2. The number of nitrogens with one attached hydrogen (secondary N) is 1. The average Bonchev–Trinajstić information content (AvgIpc) is 3.11. The maximum atomic E-state index is 12.1. The van der Waals surface area contributed by atoms with E-state index >= 15 is 0 Å². The maximum Gasteiger partial charge on any atom is 0.288 e. The predicted molar refractivity (Wildman–Crippen MR) is 68.7 cm³/mol. The highest BCUT2D eigenvalue weighted by molar-refractivity contribution is 7.99. The number of rotatable bonds is 6. The first-order chi connectivity index (χ1) is 8.19. The summed E-state index contributed by atoms with van der Waals surface area (Å²) in [6, 6.07) is 7.80. The topological polar surface area (TPSA) is 12.0 Å². The van der Waals surface area contributed by atoms with Gasteiger partial charge in [-0.2, -0.15) is 8.78 Å². The van der Waals surface area contributed by atoms with Crippen molar-refractivity contribution in [3.8, 4) is 0 Å². The van der Waals surface area contributed by atoms with Crippen molar-refractivity contribution in [1.82, 2.24) is 0 Å². The Balaban J connectivity index is 1.92. The third-order valence-electron chi connectivity index (χ3n) is 3.06. The van der Waals surface area contributed by atoms with E-state index in [2.05, 4.69) is 12.2 Å². The van der Waals surface area contributed by atoms with E-state index in [1.54, 1.807) is 12.1 Å². The second-order valence-electron chi connectivity index (χ2n) is 4.40. The standard InChI is InChI=1S/C13H17F2NS/c1-2-12(9-3-4-9)16-10-5-7-11(8-6-10)17-13(14)15/h5-9,12-13,16H,2-4H2,1H3. The van der Waals surface area contributed by atoms with Crippen molar-refractivity contribution in [1.29, 1.82) is 0 Å². The van der Waals surface area contributed by atoms with Crippen LogP contribution in [-0.2, 0) is 0 Å². The molecule has 1 N–H and O–H groups in total. The number of hydrogen-bond donors (Lipinski definition) is 1. The summed E-state index contributed by atoms with van der Waals surface area (Å²) in [6.45, 7) is 2.18. The number of hydrogen-bond acceptors (Lipinski definition) is 2. The molecule has 0 spiro atoms. The highest BCUT2D eigenvalue weighted by Gasteiger charge is 2.29. The van der Waals surface area contributed by atoms with E-state index in [1.165, 1.54) is 12.8 Å². The molecule has 4 heteroatoms. The van der Waals surface area contributed by atoms with Gasteiger partial charge in [0.25, 0.3) is 5.76 Å². The van der Waals surface area contributed by atoms with Gasteiger partial charge in [0.15, 0.2) is 0 Å². The molecule has 0 aromatic heterocycles. The molecule has 0 amide bonds. The van der Waals surface area contributed by atoms with Crippen molar-refractivity contribution < 1.29 is 8.78 Å². The summed E-state index contributed by atoms with van der Waals surface area (Å²) in [5.41, 5.74) is 1.03. The molecular formula is C13H17F2NS. The van der Waals surface area contributed by atoms with E-state index in [0.29, 0.717) is 22.7 Å². The lowest BCUT2D eigenvalue weighted by Crippen LogP contribution is -2.20. The van der Waals surface area contributed by atoms with Gasteiger partial charge < -0.3 is 5.32 Å². The molecule has 1 unspecified atom stereocenters. The van der Waals surface area contributed by atoms with Gasteiger partial charge in [0.2, 0.25) is 0 Å². The molecule has 0 aliphatic heterocycles. The third-order valence-corrected chi connectivity index (χ3v) is 3.78. The monoisotopic (exact) mass is 257 g/mol. The zero-order chi connectivity index (χ0) is 12.3. The summed E-state index contributed by atoms with van der Waals surface area (Å²) < 4.78 is 24.3. The van der Waals surface area contributed by atoms with Crippen LogP contribution in [0, 0.1) is 5.92 Å². The molecule has 1 saturated carbocycles. The molecule has 0 heterocycles. The Morgan fingerprint density at radius 2 is 1.94 bits per heavy atom. The lowest BCUT2D eigenvalue weighted by Gasteiger charge is -2.17. The van der Waals surface area contributed by atoms with Crippen molar-refractivity contribution in [3.63, 3.8) is 0 Å². The number of alkyl halides is 2. The second-order valence-corrected chi connectivity index (χ2v) is 5.46. The van der Waals surface area contributed by atoms with Crippen LogP contribution in [0.4, 0.5) is 14.5 Å². The fourth-order valence-electron chi connectivity index (χ4n) is 2.00. The molecule has 1 atom stereocenters. The minimum Gasteiger partial charge on any atom is -0.382 e. The minimum absolute atomic E-state index is 0.531. The van der Waals surface area contributed by atoms with Gasteiger partial charge in [-0.25, -0.2) is 0 Å². The van der Waals surface area contributed by atoms with Gasteiger partial charge in [0, 0.05) is 16.6 Å². The Kier molecular flexibility index (Phi) is 4.26. The van der Waals surface area contributed by atoms with Crippen LogP contribution in [-0.4, -0.2) is 11.8 Å². The highest BCUT2D eigenvalue weighted by atomic mass is 32.2. The molecule has 0 bridgehead atoms. The fourth-order valence-corrected chi connectivity index (χ4v) is 2.50. The van der Waals surface area contributed by atoms with Gasteiger partial charge in [0.1, 0.15) is 0 Å². The van der Waals surface area contributed by atoms with E-state index < -0.39 is 5.76 Å². The minimum atomic E-state index is -2.34. The zero-order valence-electron chi connectivity index (χ0n) is 9.83. The highest BCUT2D eigenvalue weighted by Crippen LogP contribution is 2.36. The second kappa shape index (κ2) is 5.71. The molecular weight excluding hydrogens is 240 g/mol. The summed E-state index contributed by atoms with van der Waals surface area (Å²) >= 11 is 0.589. The molecule has 17 heavy (non-hydrogen) atoms. The van der Waals surface area contributed by atoms with E-state index in [0.717, 1.165) is 18.0 Å². The quantitative estimate of drug-likeness (QED) is 0.747. The molecule has 1 aromatic carbocycles. The van der Waals surface area contributed by atoms with Gasteiger partial charge in [-0.3, -0.25) is 0 Å². The molecule has 94 valence electrons. The molecule has 1 fully saturated rings. The molecule has 0 saturated heterocycles. The van der Waals surface area contributed by atoms with Gasteiger partial charge in [-0.1, -0.05) is 18.7 Å². The Labute approximate surface area is 105 Å². The van der Waals surface area contributed by atoms with Crippen LogP contribution in [0.1, 0.15) is 26.2 Å². The van der Waals surface area contributed by atoms with E-state index in [-0.39, 0.29) is 0 Å². The Bertz CT molecular complexity index is 349. The van der Waals surface area contributed by atoms with Crippen molar-refractivity contribution in [2.45, 2.75) is 42.9 Å². The Morgan fingerprint density at radius 1 is 1.29 bits per heavy atom. The number of benzene rings is 1. The van der Waals surface area contributed by atoms with Gasteiger partial charge in [-0.05, 0) is 49.4 Å². The van der Waals surface area contributed by atoms with E-state index in [9.17, 15) is 8.78 Å². The lowest BCUT2D eigenvalue weighted by molar-refractivity contribution is 0.252. The molecule has 0 radical (unpaired) electrons. The van der Waals surface area contributed by atoms with Crippen LogP contribution >= 0.6 is 11.8 Å². The smallest absolute Gasteiger partial charge is 0.288 e. The number of thioether (sulfide) groups is 1. The Morgan fingerprint density at radius 3 is 2.41 bits per heavy atom. The van der Waals surface area contributed by atoms with Crippen molar-refractivity contribution in [2.75, 3.05) is 5.32 Å². The van der Waals surface area contributed by atoms with Crippen LogP contribution in [0.15, 0.2) is 29.2 Å². The fraction of sp³-hybridized carbons (Fsp3) is 0.538. The summed E-state index contributed by atoms with van der Waals surface area (Å²) in [7, 11) is 0. The summed E-state index contributed by atoms with van der Waals surface area (Å²) in [5, 5.41) is 3.47. The summed E-state index contributed by atoms with van der Waals surface area (Å²) in [4.78, 5) is 0.616. The molecule has 1 aromatic rings. The van der Waals surface area contributed by atoms with Gasteiger partial charge >= 0.3 is 0 Å². The van der Waals surface area contributed by atoms with Crippen LogP contribution < -0.4 is 5.32 Å². The van der Waals surface area contributed by atoms with Crippen molar-refractivity contribution in [2.24, 2.45) is 5.92 Å². The molecule has 1 aliphatic carbocycles. The third kappa shape index (κ3) is 3.87. The van der Waals surface area contributed by atoms with Gasteiger partial charge in [0.05, 0.1) is 0 Å². The number of halogens is 2. The van der Waals surface area contributed by atoms with Crippen LogP contribution in [0.5, 0.6) is 0 Å². The summed E-state index contributed by atoms with van der Waals surface area (Å²) in [6.07, 6.45) is 3.73. The predicted octanol–water partition coefficient (Wildman–Crippen LogP) is 4.60. The van der Waals surface area contributed by atoms with Crippen molar-refractivity contribution >= 4 is 17.4 Å². The maximum absolute atomic E-state index is 12.1. The Hall–Kier alpha value is -0.770. The first-order valence-corrected chi connectivity index (χ1v) is 6.88. The van der Waals surface area contributed by atoms with Crippen LogP contribution in [0.2, 0.25) is 0 Å². The summed E-state index contributed by atoms with van der Waals surface area (Å²) in [5.74, 6) is -1.54. The first-order valence-electron chi connectivity index (χ1n) is 6.00. The zero-order valence-corrected chi connectivity index (χ0v) is 10.6. The average molecular weight is 257 g/mol. The molecule has 1 aliphatic rings. The number of anilines is 1.